The molecule has 0 spiro atoms. The molecule has 0 saturated carbocycles. The molecule has 0 aliphatic carbocycles. The molecule has 2 aliphatic heterocycles. The molecule has 2 aliphatic rings. The summed E-state index contributed by atoms with van der Waals surface area (Å²) in [5.41, 5.74) is 5.89. The van der Waals surface area contributed by atoms with Gasteiger partial charge in [-0.05, 0) is 18.8 Å². The fourth-order valence-corrected chi connectivity index (χ4v) is 2.62. The molecule has 2 heterocycles. The second kappa shape index (κ2) is 6.54. The first-order valence-electron chi connectivity index (χ1n) is 7.45. The molecule has 0 aromatic rings. The van der Waals surface area contributed by atoms with Gasteiger partial charge in [0.25, 0.3) is 5.91 Å². The highest BCUT2D eigenvalue weighted by Crippen LogP contribution is 2.16. The van der Waals surface area contributed by atoms with Crippen LogP contribution in [0.4, 0.5) is 0 Å². The minimum atomic E-state index is -0.449. The summed E-state index contributed by atoms with van der Waals surface area (Å²) >= 11 is 0. The molecular weight excluding hydrogens is 258 g/mol. The van der Waals surface area contributed by atoms with Crippen LogP contribution in [0.25, 0.3) is 0 Å². The number of hydrogen-bond acceptors (Lipinski definition) is 4. The van der Waals surface area contributed by atoms with Crippen molar-refractivity contribution in [2.45, 2.75) is 38.8 Å². The predicted molar refractivity (Wildman–Crippen MR) is 74.9 cm³/mol. The van der Waals surface area contributed by atoms with Crippen LogP contribution in [-0.4, -0.2) is 66.5 Å². The maximum absolute atomic E-state index is 12.2. The Balaban J connectivity index is 1.83. The van der Waals surface area contributed by atoms with Crippen LogP contribution in [-0.2, 0) is 14.3 Å². The Morgan fingerprint density at radius 3 is 2.25 bits per heavy atom. The monoisotopic (exact) mass is 283 g/mol. The summed E-state index contributed by atoms with van der Waals surface area (Å²) in [7, 11) is 0. The highest BCUT2D eigenvalue weighted by Gasteiger charge is 2.32. The molecule has 2 N–H and O–H groups in total. The van der Waals surface area contributed by atoms with Crippen LogP contribution < -0.4 is 5.73 Å². The molecule has 20 heavy (non-hydrogen) atoms. The Morgan fingerprint density at radius 1 is 1.15 bits per heavy atom. The van der Waals surface area contributed by atoms with E-state index in [1.54, 1.807) is 9.80 Å². The molecule has 2 saturated heterocycles. The average molecular weight is 283 g/mol. The van der Waals surface area contributed by atoms with Gasteiger partial charge in [0, 0.05) is 32.8 Å². The fourth-order valence-electron chi connectivity index (χ4n) is 2.62. The topological polar surface area (TPSA) is 75.9 Å². The van der Waals surface area contributed by atoms with Crippen molar-refractivity contribution in [3.8, 4) is 0 Å². The van der Waals surface area contributed by atoms with E-state index in [-0.39, 0.29) is 23.8 Å². The third-order valence-electron chi connectivity index (χ3n) is 4.11. The van der Waals surface area contributed by atoms with Gasteiger partial charge in [-0.3, -0.25) is 9.59 Å². The molecule has 2 amide bonds. The van der Waals surface area contributed by atoms with Gasteiger partial charge in [0.15, 0.2) is 0 Å². The fraction of sp³-hybridized carbons (Fsp3) is 0.857. The number of ether oxygens (including phenoxy) is 1. The van der Waals surface area contributed by atoms with Crippen LogP contribution in [0.2, 0.25) is 0 Å². The Hall–Kier alpha value is -1.14. The second-order valence-electron chi connectivity index (χ2n) is 5.92. The lowest BCUT2D eigenvalue weighted by Crippen LogP contribution is -2.56. The van der Waals surface area contributed by atoms with Crippen molar-refractivity contribution in [3.63, 3.8) is 0 Å². The summed E-state index contributed by atoms with van der Waals surface area (Å²) in [4.78, 5) is 27.9. The van der Waals surface area contributed by atoms with E-state index >= 15 is 0 Å². The van der Waals surface area contributed by atoms with E-state index in [0.29, 0.717) is 32.8 Å². The highest BCUT2D eigenvalue weighted by atomic mass is 16.5. The Kier molecular flexibility index (Phi) is 4.99. The number of piperazine rings is 1. The molecule has 0 bridgehead atoms. The number of hydrogen-bond donors (Lipinski definition) is 1. The van der Waals surface area contributed by atoms with E-state index in [9.17, 15) is 9.59 Å². The van der Waals surface area contributed by atoms with E-state index in [0.717, 1.165) is 12.8 Å². The van der Waals surface area contributed by atoms with E-state index in [2.05, 4.69) is 0 Å². The molecule has 6 nitrogen and oxygen atoms in total. The van der Waals surface area contributed by atoms with Gasteiger partial charge in [-0.1, -0.05) is 13.8 Å². The third-order valence-corrected chi connectivity index (χ3v) is 4.11. The van der Waals surface area contributed by atoms with Gasteiger partial charge in [-0.2, -0.15) is 0 Å². The quantitative estimate of drug-likeness (QED) is 0.779. The highest BCUT2D eigenvalue weighted by molar-refractivity contribution is 5.83. The standard InChI is InChI=1S/C14H25N3O3/c1-10(2)12(15)14(19)17-7-5-16(6-8-17)13(18)11-4-3-9-20-11/h10-12H,3-9,15H2,1-2H3/t11?,12-/m1/s1. The average Bonchev–Trinajstić information content (AvgIpc) is 2.99. The molecular formula is C14H25N3O3. The van der Waals surface area contributed by atoms with E-state index < -0.39 is 6.04 Å². The Labute approximate surface area is 120 Å². The van der Waals surface area contributed by atoms with Crippen molar-refractivity contribution in [2.24, 2.45) is 11.7 Å². The first kappa shape index (κ1) is 15.3. The van der Waals surface area contributed by atoms with Gasteiger partial charge >= 0.3 is 0 Å². The summed E-state index contributed by atoms with van der Waals surface area (Å²) in [5.74, 6) is 0.195. The lowest BCUT2D eigenvalue weighted by molar-refractivity contribution is -0.146. The smallest absolute Gasteiger partial charge is 0.251 e. The van der Waals surface area contributed by atoms with Crippen LogP contribution in [0, 0.1) is 5.92 Å². The van der Waals surface area contributed by atoms with Crippen molar-refractivity contribution >= 4 is 11.8 Å². The summed E-state index contributed by atoms with van der Waals surface area (Å²) < 4.78 is 5.42. The molecule has 2 rings (SSSR count). The van der Waals surface area contributed by atoms with Crippen LogP contribution in [0.3, 0.4) is 0 Å². The Bertz CT molecular complexity index is 337. The number of carbonyl (C=O) groups excluding carboxylic acids is 2. The summed E-state index contributed by atoms with van der Waals surface area (Å²) in [6, 6.07) is -0.449. The van der Waals surface area contributed by atoms with Gasteiger partial charge in [0.2, 0.25) is 5.91 Å². The normalized spacial score (nSPS) is 25.1. The van der Waals surface area contributed by atoms with Crippen molar-refractivity contribution in [1.82, 2.24) is 9.80 Å². The van der Waals surface area contributed by atoms with Gasteiger partial charge in [0.05, 0.1) is 6.04 Å². The number of amides is 2. The lowest BCUT2D eigenvalue weighted by atomic mass is 10.0. The molecule has 1 unspecified atom stereocenters. The SMILES string of the molecule is CC(C)[C@@H](N)C(=O)N1CCN(C(=O)C2CCCO2)CC1. The third kappa shape index (κ3) is 3.30. The number of carbonyl (C=O) groups is 2. The van der Waals surface area contributed by atoms with Crippen LogP contribution in [0.5, 0.6) is 0 Å². The summed E-state index contributed by atoms with van der Waals surface area (Å²) in [5, 5.41) is 0. The first-order chi connectivity index (χ1) is 9.50. The summed E-state index contributed by atoms with van der Waals surface area (Å²) in [6.07, 6.45) is 1.50. The maximum atomic E-state index is 12.2. The van der Waals surface area contributed by atoms with Gasteiger partial charge in [-0.25, -0.2) is 0 Å². The van der Waals surface area contributed by atoms with Gasteiger partial charge in [0.1, 0.15) is 6.10 Å². The van der Waals surface area contributed by atoms with E-state index in [1.807, 2.05) is 13.8 Å². The van der Waals surface area contributed by atoms with E-state index in [1.165, 1.54) is 0 Å². The molecule has 0 radical (unpaired) electrons. The van der Waals surface area contributed by atoms with Crippen molar-refractivity contribution in [1.29, 1.82) is 0 Å². The zero-order chi connectivity index (χ0) is 14.7. The van der Waals surface area contributed by atoms with Gasteiger partial charge < -0.3 is 20.3 Å². The zero-order valence-corrected chi connectivity index (χ0v) is 12.4. The number of rotatable bonds is 3. The molecule has 114 valence electrons. The predicted octanol–water partition coefficient (Wildman–Crippen LogP) is -0.180. The molecule has 2 atom stereocenters. The second-order valence-corrected chi connectivity index (χ2v) is 5.92. The van der Waals surface area contributed by atoms with Crippen molar-refractivity contribution in [3.05, 3.63) is 0 Å². The minimum Gasteiger partial charge on any atom is -0.368 e. The molecule has 2 fully saturated rings. The summed E-state index contributed by atoms with van der Waals surface area (Å²) in [6.45, 7) is 6.86. The van der Waals surface area contributed by atoms with Crippen LogP contribution in [0.15, 0.2) is 0 Å². The lowest BCUT2D eigenvalue weighted by Gasteiger charge is -2.37. The van der Waals surface area contributed by atoms with Crippen LogP contribution in [0.1, 0.15) is 26.7 Å². The first-order valence-corrected chi connectivity index (χ1v) is 7.45. The van der Waals surface area contributed by atoms with Crippen molar-refractivity contribution in [2.75, 3.05) is 32.8 Å². The number of nitrogens with two attached hydrogens (primary N) is 1. The Morgan fingerprint density at radius 2 is 1.75 bits per heavy atom. The van der Waals surface area contributed by atoms with Gasteiger partial charge in [-0.15, -0.1) is 0 Å². The molecule has 0 aromatic carbocycles. The van der Waals surface area contributed by atoms with Crippen LogP contribution >= 0.6 is 0 Å². The number of nitrogens with zero attached hydrogens (tertiary/aromatic N) is 2. The minimum absolute atomic E-state index is 0.00999. The molecule has 6 heteroatoms. The largest absolute Gasteiger partial charge is 0.368 e. The molecule has 0 aromatic heterocycles. The van der Waals surface area contributed by atoms with E-state index in [4.69, 9.17) is 10.5 Å². The maximum Gasteiger partial charge on any atom is 0.251 e. The van der Waals surface area contributed by atoms with Crippen molar-refractivity contribution < 1.29 is 14.3 Å². The zero-order valence-electron chi connectivity index (χ0n) is 12.4.